The molecule has 1 atom stereocenters. The van der Waals surface area contributed by atoms with E-state index in [0.717, 1.165) is 37.4 Å². The number of aryl methyl sites for hydroxylation is 1. The molecule has 0 bridgehead atoms. The van der Waals surface area contributed by atoms with Gasteiger partial charge in [-0.15, -0.1) is 0 Å². The van der Waals surface area contributed by atoms with Crippen LogP contribution in [0.25, 0.3) is 0 Å². The minimum atomic E-state index is -0.879. The second-order valence-electron chi connectivity index (χ2n) is 4.70. The van der Waals surface area contributed by atoms with Crippen LogP contribution < -0.4 is 4.90 Å². The number of nitrogens with zero attached hydrogens (tertiary/aromatic N) is 2. The number of rotatable bonds is 3. The lowest BCUT2D eigenvalue weighted by Gasteiger charge is -2.18. The molecule has 0 amide bonds. The quantitative estimate of drug-likeness (QED) is 0.871. The average molecular weight is 234 g/mol. The monoisotopic (exact) mass is 234 g/mol. The van der Waals surface area contributed by atoms with Gasteiger partial charge in [0.05, 0.1) is 5.56 Å². The fourth-order valence-corrected chi connectivity index (χ4v) is 2.18. The lowest BCUT2D eigenvalue weighted by molar-refractivity contribution is 0.0696. The Morgan fingerprint density at radius 2 is 2.35 bits per heavy atom. The Labute approximate surface area is 101 Å². The topological polar surface area (TPSA) is 53.4 Å². The first-order valence-electron chi connectivity index (χ1n) is 6.09. The molecule has 0 saturated carbocycles. The highest BCUT2D eigenvalue weighted by atomic mass is 16.4. The average Bonchev–Trinajstić information content (AvgIpc) is 2.75. The van der Waals surface area contributed by atoms with Crippen LogP contribution in [0, 0.1) is 5.92 Å². The van der Waals surface area contributed by atoms with E-state index in [4.69, 9.17) is 5.11 Å². The summed E-state index contributed by atoms with van der Waals surface area (Å²) >= 11 is 0. The molecule has 2 rings (SSSR count). The van der Waals surface area contributed by atoms with E-state index in [1.807, 2.05) is 6.92 Å². The number of carboxylic acid groups (broad SMARTS) is 1. The fraction of sp³-hybridized carbons (Fsp3) is 0.538. The van der Waals surface area contributed by atoms with E-state index in [9.17, 15) is 4.79 Å². The van der Waals surface area contributed by atoms with Gasteiger partial charge in [0.2, 0.25) is 0 Å². The maximum absolute atomic E-state index is 11.1. The van der Waals surface area contributed by atoms with Gasteiger partial charge in [-0.1, -0.05) is 13.8 Å². The third-order valence-corrected chi connectivity index (χ3v) is 3.22. The molecule has 17 heavy (non-hydrogen) atoms. The number of carbonyl (C=O) groups is 1. The standard InChI is InChI=1S/C13H18N2O2/c1-3-11-6-10(13(16)17)7-12(14-11)15-5-4-9(2)8-15/h6-7,9H,3-5,8H2,1-2H3,(H,16,17). The van der Waals surface area contributed by atoms with Crippen molar-refractivity contribution in [3.8, 4) is 0 Å². The van der Waals surface area contributed by atoms with Crippen molar-refractivity contribution in [2.24, 2.45) is 5.92 Å². The first-order valence-corrected chi connectivity index (χ1v) is 6.09. The van der Waals surface area contributed by atoms with Crippen LogP contribution in [0.4, 0.5) is 5.82 Å². The Morgan fingerprint density at radius 1 is 1.59 bits per heavy atom. The third kappa shape index (κ3) is 2.57. The Hall–Kier alpha value is -1.58. The number of carboxylic acids is 1. The van der Waals surface area contributed by atoms with Crippen molar-refractivity contribution in [1.29, 1.82) is 0 Å². The molecule has 0 spiro atoms. The smallest absolute Gasteiger partial charge is 0.335 e. The van der Waals surface area contributed by atoms with Gasteiger partial charge in [-0.3, -0.25) is 0 Å². The van der Waals surface area contributed by atoms with Crippen molar-refractivity contribution in [1.82, 2.24) is 4.98 Å². The Bertz CT molecular complexity index is 431. The molecule has 1 N–H and O–H groups in total. The van der Waals surface area contributed by atoms with Gasteiger partial charge in [-0.25, -0.2) is 9.78 Å². The lowest BCUT2D eigenvalue weighted by Crippen LogP contribution is -2.21. The zero-order chi connectivity index (χ0) is 12.4. The SMILES string of the molecule is CCc1cc(C(=O)O)cc(N2CCC(C)C2)n1. The minimum absolute atomic E-state index is 0.339. The molecule has 1 aliphatic rings. The van der Waals surface area contributed by atoms with Crippen LogP contribution in [0.3, 0.4) is 0 Å². The van der Waals surface area contributed by atoms with Crippen molar-refractivity contribution in [2.75, 3.05) is 18.0 Å². The molecule has 0 aliphatic carbocycles. The van der Waals surface area contributed by atoms with E-state index in [0.29, 0.717) is 11.5 Å². The highest BCUT2D eigenvalue weighted by Gasteiger charge is 2.21. The number of hydrogen-bond donors (Lipinski definition) is 1. The zero-order valence-corrected chi connectivity index (χ0v) is 10.3. The summed E-state index contributed by atoms with van der Waals surface area (Å²) in [5, 5.41) is 9.08. The molecule has 4 heteroatoms. The van der Waals surface area contributed by atoms with Crippen LogP contribution in [-0.4, -0.2) is 29.1 Å². The van der Waals surface area contributed by atoms with Crippen LogP contribution >= 0.6 is 0 Å². The highest BCUT2D eigenvalue weighted by molar-refractivity contribution is 5.88. The first kappa shape index (κ1) is 11.9. The van der Waals surface area contributed by atoms with Gasteiger partial charge in [-0.05, 0) is 30.9 Å². The number of hydrogen-bond acceptors (Lipinski definition) is 3. The number of aromatic carboxylic acids is 1. The number of aromatic nitrogens is 1. The molecule has 1 aromatic rings. The van der Waals surface area contributed by atoms with Gasteiger partial charge in [-0.2, -0.15) is 0 Å². The van der Waals surface area contributed by atoms with E-state index in [2.05, 4.69) is 16.8 Å². The van der Waals surface area contributed by atoms with Crippen LogP contribution in [-0.2, 0) is 6.42 Å². The zero-order valence-electron chi connectivity index (χ0n) is 10.3. The van der Waals surface area contributed by atoms with Crippen LogP contribution in [0.5, 0.6) is 0 Å². The van der Waals surface area contributed by atoms with Crippen LogP contribution in [0.2, 0.25) is 0 Å². The predicted octanol–water partition coefficient (Wildman–Crippen LogP) is 2.19. The third-order valence-electron chi connectivity index (χ3n) is 3.22. The maximum atomic E-state index is 11.1. The highest BCUT2D eigenvalue weighted by Crippen LogP contribution is 2.23. The summed E-state index contributed by atoms with van der Waals surface area (Å²) in [6, 6.07) is 3.34. The van der Waals surface area contributed by atoms with E-state index in [1.165, 1.54) is 0 Å². The molecule has 1 fully saturated rings. The van der Waals surface area contributed by atoms with Gasteiger partial charge in [0, 0.05) is 18.8 Å². The largest absolute Gasteiger partial charge is 0.478 e. The molecule has 92 valence electrons. The Balaban J connectivity index is 2.32. The molecule has 1 aliphatic heterocycles. The van der Waals surface area contributed by atoms with Gasteiger partial charge in [0.1, 0.15) is 5.82 Å². The minimum Gasteiger partial charge on any atom is -0.478 e. The Kier molecular flexibility index (Phi) is 3.31. The van der Waals surface area contributed by atoms with E-state index < -0.39 is 5.97 Å². The normalized spacial score (nSPS) is 19.6. The summed E-state index contributed by atoms with van der Waals surface area (Å²) in [5.41, 5.74) is 1.19. The molecule has 1 aromatic heterocycles. The summed E-state index contributed by atoms with van der Waals surface area (Å²) < 4.78 is 0. The predicted molar refractivity (Wildman–Crippen MR) is 66.6 cm³/mol. The van der Waals surface area contributed by atoms with E-state index >= 15 is 0 Å². The molecule has 1 unspecified atom stereocenters. The van der Waals surface area contributed by atoms with Crippen molar-refractivity contribution < 1.29 is 9.90 Å². The van der Waals surface area contributed by atoms with Crippen molar-refractivity contribution in [3.63, 3.8) is 0 Å². The Morgan fingerprint density at radius 3 is 2.88 bits per heavy atom. The van der Waals surface area contributed by atoms with Gasteiger partial charge < -0.3 is 10.0 Å². The fourth-order valence-electron chi connectivity index (χ4n) is 2.18. The maximum Gasteiger partial charge on any atom is 0.335 e. The molecular formula is C13H18N2O2. The molecule has 0 aromatic carbocycles. The van der Waals surface area contributed by atoms with Crippen LogP contribution in [0.15, 0.2) is 12.1 Å². The molecule has 4 nitrogen and oxygen atoms in total. The van der Waals surface area contributed by atoms with Gasteiger partial charge in [0.15, 0.2) is 0 Å². The molecule has 1 saturated heterocycles. The lowest BCUT2D eigenvalue weighted by atomic mass is 10.2. The summed E-state index contributed by atoms with van der Waals surface area (Å²) in [6.45, 7) is 6.14. The van der Waals surface area contributed by atoms with Crippen molar-refractivity contribution in [3.05, 3.63) is 23.4 Å². The van der Waals surface area contributed by atoms with Crippen molar-refractivity contribution >= 4 is 11.8 Å². The van der Waals surface area contributed by atoms with E-state index in [-0.39, 0.29) is 0 Å². The van der Waals surface area contributed by atoms with E-state index in [1.54, 1.807) is 12.1 Å². The van der Waals surface area contributed by atoms with Crippen molar-refractivity contribution in [2.45, 2.75) is 26.7 Å². The summed E-state index contributed by atoms with van der Waals surface area (Å²) in [4.78, 5) is 17.7. The molecule has 0 radical (unpaired) electrons. The first-order chi connectivity index (χ1) is 8.10. The number of pyridine rings is 1. The van der Waals surface area contributed by atoms with Gasteiger partial charge in [0.25, 0.3) is 0 Å². The second kappa shape index (κ2) is 4.73. The number of anilines is 1. The summed E-state index contributed by atoms with van der Waals surface area (Å²) in [7, 11) is 0. The summed E-state index contributed by atoms with van der Waals surface area (Å²) in [6.07, 6.45) is 1.91. The van der Waals surface area contributed by atoms with Gasteiger partial charge >= 0.3 is 5.97 Å². The summed E-state index contributed by atoms with van der Waals surface area (Å²) in [5.74, 6) is 0.594. The molecular weight excluding hydrogens is 216 g/mol. The van der Waals surface area contributed by atoms with Crippen LogP contribution in [0.1, 0.15) is 36.3 Å². The second-order valence-corrected chi connectivity index (χ2v) is 4.70. The molecule has 2 heterocycles.